The number of anilines is 2. The van der Waals surface area contributed by atoms with Gasteiger partial charge in [0, 0.05) is 106 Å². The molecule has 8 atom stereocenters. The molecule has 6 saturated heterocycles. The van der Waals surface area contributed by atoms with Gasteiger partial charge in [-0.2, -0.15) is 20.5 Å². The van der Waals surface area contributed by atoms with Crippen LogP contribution in [0.25, 0.3) is 10.9 Å². The zero-order valence-electron chi connectivity index (χ0n) is 43.3. The highest BCUT2D eigenvalue weighted by atomic mass is 16.6. The Balaban J connectivity index is 0.000000196. The number of fused-ring (bicyclic) bond motifs is 3. The summed E-state index contributed by atoms with van der Waals surface area (Å²) in [5.41, 5.74) is 3.55. The van der Waals surface area contributed by atoms with Gasteiger partial charge in [-0.15, -0.1) is 0 Å². The summed E-state index contributed by atoms with van der Waals surface area (Å²) in [5.74, 6) is 1.22. The summed E-state index contributed by atoms with van der Waals surface area (Å²) in [5, 5.41) is 40.1. The minimum absolute atomic E-state index is 0.0969. The fourth-order valence-corrected chi connectivity index (χ4v) is 11.8. The van der Waals surface area contributed by atoms with E-state index in [1.807, 2.05) is 39.1 Å². The molecule has 0 radical (unpaired) electrons. The van der Waals surface area contributed by atoms with Crippen molar-refractivity contribution in [3.8, 4) is 18.1 Å². The number of nitrogens with one attached hydrogen (secondary N) is 3. The summed E-state index contributed by atoms with van der Waals surface area (Å²) in [6.45, 7) is 15.4. The molecule has 73 heavy (non-hydrogen) atoms. The average molecular weight is 1010 g/mol. The largest absolute Gasteiger partial charge is 0.465 e. The van der Waals surface area contributed by atoms with Gasteiger partial charge >= 0.3 is 18.2 Å². The van der Waals surface area contributed by atoms with Crippen LogP contribution in [0.1, 0.15) is 70.6 Å². The molecule has 2 aromatic heterocycles. The first-order chi connectivity index (χ1) is 35.3. The van der Waals surface area contributed by atoms with Crippen LogP contribution in [0.2, 0.25) is 0 Å². The zero-order chi connectivity index (χ0) is 51.2. The van der Waals surface area contributed by atoms with Gasteiger partial charge < -0.3 is 54.0 Å². The Labute approximate surface area is 429 Å². The molecule has 0 spiro atoms. The number of hydrogen-bond acceptors (Lipinski definition) is 18. The van der Waals surface area contributed by atoms with Crippen LogP contribution in [0, 0.1) is 28.6 Å². The van der Waals surface area contributed by atoms with Crippen LogP contribution in [0.5, 0.6) is 6.01 Å². The van der Waals surface area contributed by atoms with Gasteiger partial charge in [0.15, 0.2) is 6.35 Å². The van der Waals surface area contributed by atoms with Crippen molar-refractivity contribution >= 4 is 34.6 Å². The molecule has 21 heteroatoms. The predicted molar refractivity (Wildman–Crippen MR) is 275 cm³/mol. The maximum Gasteiger partial charge on any atom is 0.410 e. The van der Waals surface area contributed by atoms with Crippen LogP contribution in [0.3, 0.4) is 0 Å². The molecule has 1 aromatic carbocycles. The van der Waals surface area contributed by atoms with E-state index in [0.29, 0.717) is 89.1 Å². The molecule has 394 valence electrons. The number of piperazine rings is 2. The normalized spacial score (nSPS) is 27.9. The number of nitrogens with zero attached hydrogens (tertiary/aromatic N) is 12. The number of amides is 2. The lowest BCUT2D eigenvalue weighted by molar-refractivity contribution is -0.0886. The van der Waals surface area contributed by atoms with Crippen molar-refractivity contribution in [2.45, 2.75) is 121 Å². The Morgan fingerprint density at radius 3 is 2.27 bits per heavy atom. The number of carbonyl (C=O) groups excluding carboxylic acids is 1. The van der Waals surface area contributed by atoms with E-state index in [0.717, 1.165) is 85.7 Å². The average Bonchev–Trinajstić information content (AvgIpc) is 4.15. The molecule has 9 heterocycles. The van der Waals surface area contributed by atoms with Gasteiger partial charge in [-0.05, 0) is 104 Å². The Morgan fingerprint density at radius 2 is 1.56 bits per heavy atom. The summed E-state index contributed by atoms with van der Waals surface area (Å²) in [4.78, 5) is 53.8. The first-order valence-electron chi connectivity index (χ1n) is 26.3. The first-order valence-corrected chi connectivity index (χ1v) is 26.3. The van der Waals surface area contributed by atoms with E-state index in [-0.39, 0.29) is 43.5 Å². The van der Waals surface area contributed by atoms with Gasteiger partial charge in [-0.3, -0.25) is 20.5 Å². The second kappa shape index (κ2) is 23.3. The highest BCUT2D eigenvalue weighted by molar-refractivity contribution is 5.91. The minimum Gasteiger partial charge on any atom is -0.465 e. The lowest BCUT2D eigenvalue weighted by Gasteiger charge is -2.49. The molecule has 7 unspecified atom stereocenters. The zero-order valence-corrected chi connectivity index (χ0v) is 43.3. The Hall–Kier alpha value is -5.65. The van der Waals surface area contributed by atoms with Gasteiger partial charge in [-0.25, -0.2) is 9.59 Å². The van der Waals surface area contributed by atoms with Crippen LogP contribution in [-0.4, -0.2) is 204 Å². The van der Waals surface area contributed by atoms with Gasteiger partial charge in [-0.1, -0.05) is 6.07 Å². The van der Waals surface area contributed by atoms with Crippen molar-refractivity contribution in [1.29, 1.82) is 10.5 Å². The number of rotatable bonds is 11. The van der Waals surface area contributed by atoms with Crippen LogP contribution >= 0.6 is 0 Å². The second-order valence-corrected chi connectivity index (χ2v) is 21.7. The molecule has 7 aliphatic heterocycles. The maximum absolute atomic E-state index is 13.0. The van der Waals surface area contributed by atoms with Crippen molar-refractivity contribution in [2.75, 3.05) is 109 Å². The van der Waals surface area contributed by atoms with Crippen molar-refractivity contribution in [3.05, 3.63) is 47.8 Å². The molecule has 4 N–H and O–H groups in total. The Kier molecular flexibility index (Phi) is 16.6. The summed E-state index contributed by atoms with van der Waals surface area (Å²) < 4.78 is 18.2. The number of pyridine rings is 1. The molecular weight excluding hydrogens is 931 g/mol. The van der Waals surface area contributed by atoms with Gasteiger partial charge in [0.25, 0.3) is 0 Å². The maximum atomic E-state index is 13.0. The molecular formula is C52H75N15O6. The first kappa shape index (κ1) is 52.2. The fraction of sp³-hybridized carbons (Fsp3) is 0.673. The second-order valence-electron chi connectivity index (χ2n) is 21.7. The highest BCUT2D eigenvalue weighted by Gasteiger charge is 2.45. The number of aromatic nitrogens is 3. The highest BCUT2D eigenvalue weighted by Crippen LogP contribution is 2.35. The van der Waals surface area contributed by atoms with Crippen molar-refractivity contribution in [3.63, 3.8) is 0 Å². The third-order valence-electron chi connectivity index (χ3n) is 15.8. The summed E-state index contributed by atoms with van der Waals surface area (Å²) in [6, 6.07) is 15.7. The van der Waals surface area contributed by atoms with E-state index in [1.165, 1.54) is 17.7 Å². The Morgan fingerprint density at radius 1 is 0.822 bits per heavy atom. The van der Waals surface area contributed by atoms with Gasteiger partial charge in [0.05, 0.1) is 67.6 Å². The monoisotopic (exact) mass is 1010 g/mol. The summed E-state index contributed by atoms with van der Waals surface area (Å²) >= 11 is 0. The van der Waals surface area contributed by atoms with Crippen LogP contribution < -0.4 is 30.5 Å². The molecule has 2 amide bonds. The van der Waals surface area contributed by atoms with Crippen molar-refractivity contribution < 1.29 is 28.9 Å². The predicted octanol–water partition coefficient (Wildman–Crippen LogP) is 3.47. The van der Waals surface area contributed by atoms with E-state index < -0.39 is 11.7 Å². The standard InChI is InChI=1S/C33H42N8O3.C19H33N7O3/c1-33(2,3)44-32(42)41-19-18-40(20-23(41)12-14-34)30-26-13-17-39(29-11-5-10-27-25(29)9-6-15-35-27)21-28(26)36-31(37-30)43-22-24-8-7-16-38(24)4;1-24-6-2-3-14(24)12-29-18-22-16-10-21-9-15(16)17(23-18)25-7-8-26(19(27)28)13(11-25)4-5-20/h5-6,9-11,15,23-24H,7-8,12-13,16-22H2,1-4H3;13-18,21-23H,2-4,6-12H2,1H3,(H,27,28)/t23?,24-;/m0./s1. The smallest absolute Gasteiger partial charge is 0.410 e. The third-order valence-corrected chi connectivity index (χ3v) is 15.8. The number of hydrogen-bond donors (Lipinski definition) is 4. The fourth-order valence-electron chi connectivity index (χ4n) is 11.8. The number of likely N-dealkylation sites (N-methyl/N-ethyl adjacent to an activating group) is 2. The third kappa shape index (κ3) is 12.3. The van der Waals surface area contributed by atoms with E-state index in [2.05, 4.69) is 89.9 Å². The quantitative estimate of drug-likeness (QED) is 0.216. The molecule has 6 fully saturated rings. The number of carbonyl (C=O) groups is 2. The molecule has 0 saturated carbocycles. The Bertz CT molecular complexity index is 2480. The molecule has 0 aliphatic carbocycles. The van der Waals surface area contributed by atoms with Gasteiger partial charge in [0.2, 0.25) is 0 Å². The van der Waals surface area contributed by atoms with Gasteiger partial charge in [0.1, 0.15) is 18.0 Å². The molecule has 7 aliphatic rings. The number of benzene rings is 1. The van der Waals surface area contributed by atoms with E-state index in [9.17, 15) is 20.0 Å². The van der Waals surface area contributed by atoms with Crippen molar-refractivity contribution in [2.24, 2.45) is 5.92 Å². The number of nitriles is 2. The van der Waals surface area contributed by atoms with Crippen LogP contribution in [-0.2, 0) is 22.4 Å². The SMILES string of the molecule is CN1CCCC1COC1NC2CNCC2C(N2CCN(C(=O)O)C(CC#N)C2)N1.CN1CCC[C@H]1COc1nc2c(c(N3CCN(C(=O)OC(C)(C)C)C(CC#N)C3)n1)CCN(c1cccc3ncccc13)C2. The van der Waals surface area contributed by atoms with Crippen molar-refractivity contribution in [1.82, 2.24) is 55.4 Å². The number of carboxylic acid groups (broad SMARTS) is 1. The molecule has 0 bridgehead atoms. The summed E-state index contributed by atoms with van der Waals surface area (Å²) in [7, 11) is 4.29. The molecule has 21 nitrogen and oxygen atoms in total. The minimum atomic E-state index is -0.939. The van der Waals surface area contributed by atoms with E-state index >= 15 is 0 Å². The van der Waals surface area contributed by atoms with E-state index in [4.69, 9.17) is 29.4 Å². The summed E-state index contributed by atoms with van der Waals surface area (Å²) in [6.07, 6.45) is 6.23. The lowest BCUT2D eigenvalue weighted by atomic mass is 9.95. The number of likely N-dealkylation sites (tertiary alicyclic amines) is 2. The topological polar surface area (TPSA) is 227 Å². The number of ether oxygens (including phenoxy) is 3. The van der Waals surface area contributed by atoms with Crippen LogP contribution in [0.4, 0.5) is 21.1 Å². The molecule has 3 aromatic rings. The molecule has 10 rings (SSSR count). The van der Waals surface area contributed by atoms with Crippen LogP contribution in [0.15, 0.2) is 36.5 Å². The van der Waals surface area contributed by atoms with E-state index in [1.54, 1.807) is 4.90 Å². The lowest BCUT2D eigenvalue weighted by Crippen LogP contribution is -2.71.